The molecule has 3 N–H and O–H groups in total. The Labute approximate surface area is 98.7 Å². The molecule has 1 atom stereocenters. The van der Waals surface area contributed by atoms with Gasteiger partial charge in [0.1, 0.15) is 0 Å². The van der Waals surface area contributed by atoms with Crippen molar-refractivity contribution in [2.75, 3.05) is 0 Å². The van der Waals surface area contributed by atoms with Gasteiger partial charge in [-0.25, -0.2) is 13.1 Å². The van der Waals surface area contributed by atoms with Crippen molar-refractivity contribution < 1.29 is 13.2 Å². The number of thiophene rings is 1. The first-order chi connectivity index (χ1) is 7.36. The minimum atomic E-state index is -3.53. The molecule has 1 aromatic heterocycles. The van der Waals surface area contributed by atoms with E-state index in [1.165, 1.54) is 11.4 Å². The summed E-state index contributed by atoms with van der Waals surface area (Å²) in [6.45, 7) is 3.66. The number of primary amides is 1. The number of hydrogen-bond acceptors (Lipinski definition) is 4. The third kappa shape index (κ3) is 3.03. The lowest BCUT2D eigenvalue weighted by molar-refractivity contribution is 0.100. The zero-order valence-electron chi connectivity index (χ0n) is 9.06. The van der Waals surface area contributed by atoms with Crippen molar-refractivity contribution in [3.05, 3.63) is 16.3 Å². The van der Waals surface area contributed by atoms with E-state index >= 15 is 0 Å². The zero-order chi connectivity index (χ0) is 12.3. The van der Waals surface area contributed by atoms with Gasteiger partial charge in [-0.15, -0.1) is 11.3 Å². The quantitative estimate of drug-likeness (QED) is 0.827. The van der Waals surface area contributed by atoms with E-state index < -0.39 is 15.9 Å². The first kappa shape index (κ1) is 13.1. The smallest absolute Gasteiger partial charge is 0.258 e. The molecule has 0 saturated heterocycles. The lowest BCUT2D eigenvalue weighted by Gasteiger charge is -2.10. The molecule has 90 valence electrons. The summed E-state index contributed by atoms with van der Waals surface area (Å²) in [7, 11) is -3.53. The van der Waals surface area contributed by atoms with Crippen LogP contribution in [-0.4, -0.2) is 20.4 Å². The number of amides is 1. The minimum Gasteiger partial charge on any atom is -0.365 e. The fourth-order valence-electron chi connectivity index (χ4n) is 1.01. The molecular weight excluding hydrogens is 248 g/mol. The van der Waals surface area contributed by atoms with Gasteiger partial charge in [0.05, 0.1) is 9.77 Å². The molecule has 1 rings (SSSR count). The van der Waals surface area contributed by atoms with Crippen LogP contribution in [0.1, 0.15) is 29.9 Å². The standard InChI is InChI=1S/C9H14N2O3S2/c1-3-6(2)11-16(13,14)7-4-8(9(10)12)15-5-7/h4-6,11H,3H2,1-2H3,(H2,10,12)/t6-/m1/s1. The van der Waals surface area contributed by atoms with Crippen molar-refractivity contribution in [1.82, 2.24) is 4.72 Å². The van der Waals surface area contributed by atoms with Crippen LogP contribution < -0.4 is 10.5 Å². The van der Waals surface area contributed by atoms with E-state index in [-0.39, 0.29) is 15.8 Å². The Hall–Kier alpha value is -0.920. The highest BCUT2D eigenvalue weighted by molar-refractivity contribution is 7.89. The van der Waals surface area contributed by atoms with E-state index in [4.69, 9.17) is 5.73 Å². The number of nitrogens with one attached hydrogen (secondary N) is 1. The van der Waals surface area contributed by atoms with Gasteiger partial charge in [-0.3, -0.25) is 4.79 Å². The number of nitrogens with two attached hydrogens (primary N) is 1. The summed E-state index contributed by atoms with van der Waals surface area (Å²) in [5, 5.41) is 1.41. The predicted molar refractivity (Wildman–Crippen MR) is 62.9 cm³/mol. The molecule has 5 nitrogen and oxygen atoms in total. The first-order valence-corrected chi connectivity index (χ1v) is 7.13. The van der Waals surface area contributed by atoms with Crippen molar-refractivity contribution in [1.29, 1.82) is 0 Å². The SMILES string of the molecule is CC[C@@H](C)NS(=O)(=O)c1csc(C(N)=O)c1. The Morgan fingerprint density at radius 2 is 2.25 bits per heavy atom. The highest BCUT2D eigenvalue weighted by Crippen LogP contribution is 2.19. The normalized spacial score (nSPS) is 13.6. The second kappa shape index (κ2) is 4.94. The van der Waals surface area contributed by atoms with Crippen LogP contribution in [0.15, 0.2) is 16.3 Å². The van der Waals surface area contributed by atoms with Crippen LogP contribution in [0, 0.1) is 0 Å². The molecule has 0 fully saturated rings. The van der Waals surface area contributed by atoms with Crippen LogP contribution in [0.25, 0.3) is 0 Å². The lowest BCUT2D eigenvalue weighted by atomic mass is 10.3. The molecule has 0 aliphatic rings. The Bertz CT molecular complexity index is 479. The van der Waals surface area contributed by atoms with E-state index in [0.29, 0.717) is 6.42 Å². The first-order valence-electron chi connectivity index (χ1n) is 4.77. The molecular formula is C9H14N2O3S2. The van der Waals surface area contributed by atoms with Gasteiger partial charge < -0.3 is 5.73 Å². The van der Waals surface area contributed by atoms with Gasteiger partial charge in [0.2, 0.25) is 10.0 Å². The molecule has 0 spiro atoms. The van der Waals surface area contributed by atoms with E-state index in [1.54, 1.807) is 6.92 Å². The van der Waals surface area contributed by atoms with Crippen molar-refractivity contribution in [2.24, 2.45) is 5.73 Å². The maximum atomic E-state index is 11.8. The molecule has 0 unspecified atom stereocenters. The molecule has 16 heavy (non-hydrogen) atoms. The average molecular weight is 262 g/mol. The van der Waals surface area contributed by atoms with Crippen LogP contribution in [-0.2, 0) is 10.0 Å². The maximum Gasteiger partial charge on any atom is 0.258 e. The molecule has 1 amide bonds. The Morgan fingerprint density at radius 3 is 2.69 bits per heavy atom. The van der Waals surface area contributed by atoms with Crippen LogP contribution in [0.4, 0.5) is 0 Å². The van der Waals surface area contributed by atoms with Gasteiger partial charge >= 0.3 is 0 Å². The van der Waals surface area contributed by atoms with Crippen molar-refractivity contribution in [3.63, 3.8) is 0 Å². The highest BCUT2D eigenvalue weighted by atomic mass is 32.2. The number of hydrogen-bond donors (Lipinski definition) is 2. The van der Waals surface area contributed by atoms with E-state index in [9.17, 15) is 13.2 Å². The van der Waals surface area contributed by atoms with Gasteiger partial charge in [-0.2, -0.15) is 0 Å². The van der Waals surface area contributed by atoms with Gasteiger partial charge in [0.25, 0.3) is 5.91 Å². The van der Waals surface area contributed by atoms with E-state index in [2.05, 4.69) is 4.72 Å². The van der Waals surface area contributed by atoms with E-state index in [1.807, 2.05) is 6.92 Å². The van der Waals surface area contributed by atoms with Crippen LogP contribution in [0.3, 0.4) is 0 Å². The van der Waals surface area contributed by atoms with E-state index in [0.717, 1.165) is 11.3 Å². The summed E-state index contributed by atoms with van der Waals surface area (Å²) in [4.78, 5) is 11.2. The molecule has 0 aliphatic carbocycles. The highest BCUT2D eigenvalue weighted by Gasteiger charge is 2.19. The zero-order valence-corrected chi connectivity index (χ0v) is 10.7. The van der Waals surface area contributed by atoms with Crippen molar-refractivity contribution >= 4 is 27.3 Å². The summed E-state index contributed by atoms with van der Waals surface area (Å²) < 4.78 is 26.1. The fraction of sp³-hybridized carbons (Fsp3) is 0.444. The summed E-state index contributed by atoms with van der Waals surface area (Å²) in [5.74, 6) is -0.616. The van der Waals surface area contributed by atoms with Gasteiger partial charge in [-0.05, 0) is 19.4 Å². The molecule has 7 heteroatoms. The van der Waals surface area contributed by atoms with Crippen molar-refractivity contribution in [3.8, 4) is 0 Å². The Balaban J connectivity index is 2.94. The third-order valence-corrected chi connectivity index (χ3v) is 4.76. The number of rotatable bonds is 5. The fourth-order valence-corrected chi connectivity index (χ4v) is 3.46. The van der Waals surface area contributed by atoms with Crippen LogP contribution >= 0.6 is 11.3 Å². The second-order valence-electron chi connectivity index (χ2n) is 3.44. The molecule has 0 saturated carbocycles. The number of carbonyl (C=O) groups excluding carboxylic acids is 1. The molecule has 0 bridgehead atoms. The summed E-state index contributed by atoms with van der Waals surface area (Å²) in [6.07, 6.45) is 0.700. The second-order valence-corrected chi connectivity index (χ2v) is 6.07. The topological polar surface area (TPSA) is 89.3 Å². The van der Waals surface area contributed by atoms with Crippen molar-refractivity contribution in [2.45, 2.75) is 31.2 Å². The van der Waals surface area contributed by atoms with Gasteiger partial charge in [0.15, 0.2) is 0 Å². The number of sulfonamides is 1. The molecule has 0 aliphatic heterocycles. The predicted octanol–water partition coefficient (Wildman–Crippen LogP) is 0.924. The average Bonchev–Trinajstić information content (AvgIpc) is 2.66. The van der Waals surface area contributed by atoms with Crippen LogP contribution in [0.2, 0.25) is 0 Å². The molecule has 1 heterocycles. The maximum absolute atomic E-state index is 11.8. The molecule has 0 aromatic carbocycles. The Kier molecular flexibility index (Phi) is 4.06. The summed E-state index contributed by atoms with van der Waals surface area (Å²) in [5.41, 5.74) is 5.05. The molecule has 1 aromatic rings. The lowest BCUT2D eigenvalue weighted by Crippen LogP contribution is -2.31. The van der Waals surface area contributed by atoms with Crippen LogP contribution in [0.5, 0.6) is 0 Å². The number of carbonyl (C=O) groups is 1. The largest absolute Gasteiger partial charge is 0.365 e. The van der Waals surface area contributed by atoms with Gasteiger partial charge in [-0.1, -0.05) is 6.92 Å². The Morgan fingerprint density at radius 1 is 1.62 bits per heavy atom. The van der Waals surface area contributed by atoms with Gasteiger partial charge in [0, 0.05) is 11.4 Å². The monoisotopic (exact) mass is 262 g/mol. The summed E-state index contributed by atoms with van der Waals surface area (Å²) >= 11 is 1.03. The minimum absolute atomic E-state index is 0.0894. The summed E-state index contributed by atoms with van der Waals surface area (Å²) in [6, 6.07) is 1.15. The third-order valence-electron chi connectivity index (χ3n) is 2.10. The molecule has 0 radical (unpaired) electrons.